The second-order valence-corrected chi connectivity index (χ2v) is 4.68. The molecule has 0 fully saturated rings. The van der Waals surface area contributed by atoms with Gasteiger partial charge in [0, 0.05) is 10.6 Å². The van der Waals surface area contributed by atoms with E-state index in [1.807, 2.05) is 19.1 Å². The fourth-order valence-corrected chi connectivity index (χ4v) is 1.91. The van der Waals surface area contributed by atoms with Gasteiger partial charge in [-0.05, 0) is 19.1 Å². The third-order valence-electron chi connectivity index (χ3n) is 2.85. The maximum atomic E-state index is 5.93. The zero-order chi connectivity index (χ0) is 14.1. The molecule has 8 heteroatoms. The van der Waals surface area contributed by atoms with E-state index >= 15 is 0 Å². The molecule has 0 aliphatic heterocycles. The number of halogens is 1. The second kappa shape index (κ2) is 4.93. The summed E-state index contributed by atoms with van der Waals surface area (Å²) in [4.78, 5) is 4.30. The van der Waals surface area contributed by atoms with Crippen molar-refractivity contribution >= 4 is 17.4 Å². The number of rotatable bonds is 3. The molecule has 0 amide bonds. The highest BCUT2D eigenvalue weighted by molar-refractivity contribution is 6.30. The standard InChI is InChI=1S/C12H11ClN6O/c1-7-11(14)16-18-19(7)6-10-15-12(17-20-10)8-3-2-4-9(13)5-8/h2-5H,6,14H2,1H3. The number of nitrogens with two attached hydrogens (primary N) is 1. The van der Waals surface area contributed by atoms with E-state index in [1.165, 1.54) is 0 Å². The van der Waals surface area contributed by atoms with Crippen LogP contribution in [-0.2, 0) is 6.54 Å². The van der Waals surface area contributed by atoms with Crippen molar-refractivity contribution in [2.75, 3.05) is 5.73 Å². The summed E-state index contributed by atoms with van der Waals surface area (Å²) in [5, 5.41) is 12.2. The Bertz CT molecular complexity index is 750. The number of nitrogens with zero attached hydrogens (tertiary/aromatic N) is 5. The molecule has 1 aromatic carbocycles. The molecule has 0 bridgehead atoms. The summed E-state index contributed by atoms with van der Waals surface area (Å²) in [6.45, 7) is 2.15. The van der Waals surface area contributed by atoms with Crippen LogP contribution in [0.2, 0.25) is 5.02 Å². The summed E-state index contributed by atoms with van der Waals surface area (Å²) in [5.41, 5.74) is 7.18. The molecule has 2 heterocycles. The number of hydrogen-bond donors (Lipinski definition) is 1. The average molecular weight is 291 g/mol. The van der Waals surface area contributed by atoms with Crippen LogP contribution in [0.4, 0.5) is 5.82 Å². The molecular weight excluding hydrogens is 280 g/mol. The van der Waals surface area contributed by atoms with E-state index in [0.29, 0.717) is 29.1 Å². The fourth-order valence-electron chi connectivity index (χ4n) is 1.72. The van der Waals surface area contributed by atoms with Gasteiger partial charge >= 0.3 is 0 Å². The van der Waals surface area contributed by atoms with E-state index in [9.17, 15) is 0 Å². The van der Waals surface area contributed by atoms with Gasteiger partial charge in [0.2, 0.25) is 11.7 Å². The van der Waals surface area contributed by atoms with Crippen molar-refractivity contribution in [1.29, 1.82) is 0 Å². The summed E-state index contributed by atoms with van der Waals surface area (Å²) < 4.78 is 6.80. The SMILES string of the molecule is Cc1c(N)nnn1Cc1nc(-c2cccc(Cl)c2)no1. The largest absolute Gasteiger partial charge is 0.381 e. The van der Waals surface area contributed by atoms with Crippen LogP contribution >= 0.6 is 11.6 Å². The Kier molecular flexibility index (Phi) is 3.11. The summed E-state index contributed by atoms with van der Waals surface area (Å²) >= 11 is 5.93. The van der Waals surface area contributed by atoms with Gasteiger partial charge in [0.05, 0.1) is 5.69 Å². The zero-order valence-electron chi connectivity index (χ0n) is 10.6. The van der Waals surface area contributed by atoms with E-state index in [-0.39, 0.29) is 0 Å². The van der Waals surface area contributed by atoms with Gasteiger partial charge in [-0.25, -0.2) is 4.68 Å². The smallest absolute Gasteiger partial charge is 0.248 e. The third-order valence-corrected chi connectivity index (χ3v) is 3.09. The maximum Gasteiger partial charge on any atom is 0.248 e. The summed E-state index contributed by atoms with van der Waals surface area (Å²) in [7, 11) is 0. The summed E-state index contributed by atoms with van der Waals surface area (Å²) in [6.07, 6.45) is 0. The first-order valence-electron chi connectivity index (χ1n) is 5.87. The molecule has 0 saturated carbocycles. The Labute approximate surface area is 119 Å². The Hall–Kier alpha value is -2.41. The zero-order valence-corrected chi connectivity index (χ0v) is 11.4. The topological polar surface area (TPSA) is 95.7 Å². The van der Waals surface area contributed by atoms with Crippen molar-refractivity contribution in [3.05, 3.63) is 40.9 Å². The van der Waals surface area contributed by atoms with Gasteiger partial charge in [0.1, 0.15) is 6.54 Å². The van der Waals surface area contributed by atoms with Crippen LogP contribution in [0.1, 0.15) is 11.6 Å². The lowest BCUT2D eigenvalue weighted by molar-refractivity contribution is 0.363. The Balaban J connectivity index is 1.85. The normalized spacial score (nSPS) is 10.9. The molecule has 2 N–H and O–H groups in total. The molecule has 102 valence electrons. The predicted octanol–water partition coefficient (Wildman–Crippen LogP) is 1.92. The molecule has 7 nitrogen and oxygen atoms in total. The molecule has 0 saturated heterocycles. The van der Waals surface area contributed by atoms with Crippen molar-refractivity contribution in [1.82, 2.24) is 25.1 Å². The molecule has 0 aliphatic rings. The third kappa shape index (κ3) is 2.35. The van der Waals surface area contributed by atoms with Gasteiger partial charge < -0.3 is 10.3 Å². The minimum atomic E-state index is 0.323. The monoisotopic (exact) mass is 290 g/mol. The van der Waals surface area contributed by atoms with E-state index in [1.54, 1.807) is 16.8 Å². The first kappa shape index (κ1) is 12.6. The number of nitrogen functional groups attached to an aromatic ring is 1. The van der Waals surface area contributed by atoms with Crippen LogP contribution in [0.25, 0.3) is 11.4 Å². The highest BCUT2D eigenvalue weighted by atomic mass is 35.5. The van der Waals surface area contributed by atoms with Crippen LogP contribution in [0.3, 0.4) is 0 Å². The van der Waals surface area contributed by atoms with Gasteiger partial charge in [-0.2, -0.15) is 4.98 Å². The van der Waals surface area contributed by atoms with Crippen LogP contribution in [-0.4, -0.2) is 25.1 Å². The van der Waals surface area contributed by atoms with Crippen LogP contribution in [0.5, 0.6) is 0 Å². The van der Waals surface area contributed by atoms with Gasteiger partial charge in [-0.3, -0.25) is 0 Å². The molecule has 0 atom stereocenters. The lowest BCUT2D eigenvalue weighted by Gasteiger charge is -1.97. The quantitative estimate of drug-likeness (QED) is 0.791. The van der Waals surface area contributed by atoms with Crippen molar-refractivity contribution in [3.63, 3.8) is 0 Å². The highest BCUT2D eigenvalue weighted by Crippen LogP contribution is 2.20. The Morgan fingerprint density at radius 2 is 2.25 bits per heavy atom. The van der Waals surface area contributed by atoms with Crippen molar-refractivity contribution < 1.29 is 4.52 Å². The van der Waals surface area contributed by atoms with Gasteiger partial charge in [-0.1, -0.05) is 34.1 Å². The molecule has 0 unspecified atom stereocenters. The number of aromatic nitrogens is 5. The number of benzene rings is 1. The van der Waals surface area contributed by atoms with Gasteiger partial charge in [0.25, 0.3) is 0 Å². The molecule has 0 spiro atoms. The molecular formula is C12H11ClN6O. The van der Waals surface area contributed by atoms with Crippen molar-refractivity contribution in [3.8, 4) is 11.4 Å². The van der Waals surface area contributed by atoms with E-state index in [4.69, 9.17) is 21.9 Å². The van der Waals surface area contributed by atoms with E-state index in [0.717, 1.165) is 11.3 Å². The van der Waals surface area contributed by atoms with Crippen molar-refractivity contribution in [2.24, 2.45) is 0 Å². The molecule has 2 aromatic heterocycles. The minimum absolute atomic E-state index is 0.323. The molecule has 3 aromatic rings. The highest BCUT2D eigenvalue weighted by Gasteiger charge is 2.12. The second-order valence-electron chi connectivity index (χ2n) is 4.24. The van der Waals surface area contributed by atoms with E-state index < -0.39 is 0 Å². The lowest BCUT2D eigenvalue weighted by Crippen LogP contribution is -2.04. The maximum absolute atomic E-state index is 5.93. The molecule has 0 aliphatic carbocycles. The van der Waals surface area contributed by atoms with Gasteiger partial charge in [0.15, 0.2) is 5.82 Å². The average Bonchev–Trinajstić information content (AvgIpc) is 3.01. The molecule has 0 radical (unpaired) electrons. The number of anilines is 1. The molecule has 20 heavy (non-hydrogen) atoms. The van der Waals surface area contributed by atoms with E-state index in [2.05, 4.69) is 20.5 Å². The summed E-state index contributed by atoms with van der Waals surface area (Å²) in [6, 6.07) is 7.25. The molecule has 3 rings (SSSR count). The van der Waals surface area contributed by atoms with Crippen LogP contribution < -0.4 is 5.73 Å². The summed E-state index contributed by atoms with van der Waals surface area (Å²) in [5.74, 6) is 1.29. The minimum Gasteiger partial charge on any atom is -0.381 e. The predicted molar refractivity (Wildman–Crippen MR) is 73.0 cm³/mol. The lowest BCUT2D eigenvalue weighted by atomic mass is 10.2. The first-order valence-corrected chi connectivity index (χ1v) is 6.25. The first-order chi connectivity index (χ1) is 9.63. The van der Waals surface area contributed by atoms with Crippen LogP contribution in [0.15, 0.2) is 28.8 Å². The van der Waals surface area contributed by atoms with Crippen LogP contribution in [0, 0.1) is 6.92 Å². The Morgan fingerprint density at radius 3 is 2.95 bits per heavy atom. The van der Waals surface area contributed by atoms with Crippen molar-refractivity contribution in [2.45, 2.75) is 13.5 Å². The van der Waals surface area contributed by atoms with Gasteiger partial charge in [-0.15, -0.1) is 5.10 Å². The Morgan fingerprint density at radius 1 is 1.40 bits per heavy atom. The number of hydrogen-bond acceptors (Lipinski definition) is 6. The fraction of sp³-hybridized carbons (Fsp3) is 0.167.